The first-order valence-electron chi connectivity index (χ1n) is 5.12. The highest BCUT2D eigenvalue weighted by molar-refractivity contribution is 6.42. The highest BCUT2D eigenvalue weighted by atomic mass is 35.5. The number of aryl methyl sites for hydroxylation is 2. The summed E-state index contributed by atoms with van der Waals surface area (Å²) in [6, 6.07) is 5.53. The topological polar surface area (TPSA) is 45.8 Å². The van der Waals surface area contributed by atoms with E-state index >= 15 is 0 Å². The van der Waals surface area contributed by atoms with Crippen LogP contribution >= 0.6 is 23.2 Å². The molecular weight excluding hydrogens is 259 g/mol. The quantitative estimate of drug-likeness (QED) is 0.865. The second-order valence-corrected chi connectivity index (χ2v) is 4.45. The van der Waals surface area contributed by atoms with Crippen LogP contribution in [-0.2, 0) is 12.8 Å². The summed E-state index contributed by atoms with van der Waals surface area (Å²) in [5.74, 6) is 0. The summed E-state index contributed by atoms with van der Waals surface area (Å²) in [4.78, 5) is 17.5. The minimum atomic E-state index is 0.463. The predicted molar refractivity (Wildman–Crippen MR) is 67.8 cm³/mol. The number of imidazole rings is 1. The van der Waals surface area contributed by atoms with E-state index in [9.17, 15) is 4.79 Å². The molecule has 0 saturated carbocycles. The number of nitrogens with zero attached hydrogens (tertiary/aromatic N) is 1. The summed E-state index contributed by atoms with van der Waals surface area (Å²) in [6.45, 7) is 0. The number of nitrogens with one attached hydrogen (secondary N) is 1. The van der Waals surface area contributed by atoms with Crippen LogP contribution in [0.2, 0.25) is 10.0 Å². The second-order valence-electron chi connectivity index (χ2n) is 3.63. The SMILES string of the molecule is O=Cc1nc[nH]c1CCc1ccc(Cl)c(Cl)c1. The Hall–Kier alpha value is -1.32. The first-order valence-corrected chi connectivity index (χ1v) is 5.87. The molecule has 1 heterocycles. The van der Waals surface area contributed by atoms with Gasteiger partial charge in [-0.1, -0.05) is 29.3 Å². The molecule has 0 atom stereocenters. The van der Waals surface area contributed by atoms with E-state index in [2.05, 4.69) is 9.97 Å². The fraction of sp³-hybridized carbons (Fsp3) is 0.167. The summed E-state index contributed by atoms with van der Waals surface area (Å²) >= 11 is 11.8. The maximum Gasteiger partial charge on any atom is 0.170 e. The van der Waals surface area contributed by atoms with Gasteiger partial charge in [-0.25, -0.2) is 4.98 Å². The van der Waals surface area contributed by atoms with Crippen molar-refractivity contribution in [2.24, 2.45) is 0 Å². The number of benzene rings is 1. The van der Waals surface area contributed by atoms with E-state index < -0.39 is 0 Å². The fourth-order valence-electron chi connectivity index (χ4n) is 1.60. The summed E-state index contributed by atoms with van der Waals surface area (Å²) < 4.78 is 0. The molecule has 5 heteroatoms. The molecule has 0 unspecified atom stereocenters. The van der Waals surface area contributed by atoms with Gasteiger partial charge in [0.1, 0.15) is 5.69 Å². The van der Waals surface area contributed by atoms with Crippen LogP contribution in [0.5, 0.6) is 0 Å². The Bertz CT molecular complexity index is 537. The molecule has 0 bridgehead atoms. The molecule has 0 saturated heterocycles. The van der Waals surface area contributed by atoms with Gasteiger partial charge in [-0.3, -0.25) is 4.79 Å². The Labute approximate surface area is 109 Å². The zero-order valence-corrected chi connectivity index (χ0v) is 10.4. The number of H-pyrrole nitrogens is 1. The third kappa shape index (κ3) is 2.87. The van der Waals surface area contributed by atoms with E-state index in [-0.39, 0.29) is 0 Å². The molecule has 1 aromatic heterocycles. The van der Waals surface area contributed by atoms with Crippen LogP contribution in [0.4, 0.5) is 0 Å². The van der Waals surface area contributed by atoms with Crippen molar-refractivity contribution in [3.05, 3.63) is 51.5 Å². The van der Waals surface area contributed by atoms with Gasteiger partial charge in [-0.05, 0) is 30.5 Å². The van der Waals surface area contributed by atoms with E-state index in [1.165, 1.54) is 6.33 Å². The molecule has 0 aliphatic heterocycles. The summed E-state index contributed by atoms with van der Waals surface area (Å²) in [5.41, 5.74) is 2.38. The summed E-state index contributed by atoms with van der Waals surface area (Å²) in [7, 11) is 0. The molecule has 1 N–H and O–H groups in total. The number of carbonyl (C=O) groups excluding carboxylic acids is 1. The van der Waals surface area contributed by atoms with E-state index in [0.717, 1.165) is 24.0 Å². The minimum absolute atomic E-state index is 0.463. The van der Waals surface area contributed by atoms with Crippen molar-refractivity contribution in [3.63, 3.8) is 0 Å². The first kappa shape index (κ1) is 12.1. The third-order valence-electron chi connectivity index (χ3n) is 2.51. The molecule has 0 spiro atoms. The number of aromatic amines is 1. The highest BCUT2D eigenvalue weighted by Gasteiger charge is 2.05. The van der Waals surface area contributed by atoms with Crippen molar-refractivity contribution < 1.29 is 4.79 Å². The van der Waals surface area contributed by atoms with Crippen LogP contribution in [0.25, 0.3) is 0 Å². The van der Waals surface area contributed by atoms with E-state index in [0.29, 0.717) is 22.2 Å². The van der Waals surface area contributed by atoms with Gasteiger partial charge in [0.25, 0.3) is 0 Å². The molecule has 1 aromatic carbocycles. The summed E-state index contributed by atoms with van der Waals surface area (Å²) in [6.07, 6.45) is 3.76. The lowest BCUT2D eigenvalue weighted by atomic mass is 10.1. The largest absolute Gasteiger partial charge is 0.348 e. The minimum Gasteiger partial charge on any atom is -0.348 e. The van der Waals surface area contributed by atoms with E-state index in [1.54, 1.807) is 6.07 Å². The molecule has 2 aromatic rings. The number of rotatable bonds is 4. The molecule has 0 fully saturated rings. The van der Waals surface area contributed by atoms with Gasteiger partial charge in [-0.15, -0.1) is 0 Å². The third-order valence-corrected chi connectivity index (χ3v) is 3.25. The lowest BCUT2D eigenvalue weighted by Crippen LogP contribution is -1.96. The molecule has 0 aliphatic carbocycles. The molecule has 0 aliphatic rings. The number of carbonyl (C=O) groups is 1. The van der Waals surface area contributed by atoms with Gasteiger partial charge in [0.05, 0.1) is 16.4 Å². The van der Waals surface area contributed by atoms with Crippen molar-refractivity contribution in [1.82, 2.24) is 9.97 Å². The number of halogens is 2. The molecule has 0 amide bonds. The van der Waals surface area contributed by atoms with E-state index in [1.807, 2.05) is 12.1 Å². The van der Waals surface area contributed by atoms with Crippen molar-refractivity contribution in [2.45, 2.75) is 12.8 Å². The fourth-order valence-corrected chi connectivity index (χ4v) is 1.92. The molecule has 3 nitrogen and oxygen atoms in total. The Balaban J connectivity index is 2.07. The Kier molecular flexibility index (Phi) is 3.82. The second kappa shape index (κ2) is 5.34. The van der Waals surface area contributed by atoms with Gasteiger partial charge >= 0.3 is 0 Å². The molecule has 17 heavy (non-hydrogen) atoms. The lowest BCUT2D eigenvalue weighted by Gasteiger charge is -2.02. The van der Waals surface area contributed by atoms with Crippen molar-refractivity contribution in [3.8, 4) is 0 Å². The zero-order chi connectivity index (χ0) is 12.3. The van der Waals surface area contributed by atoms with Crippen LogP contribution in [-0.4, -0.2) is 16.3 Å². The highest BCUT2D eigenvalue weighted by Crippen LogP contribution is 2.23. The average molecular weight is 269 g/mol. The van der Waals surface area contributed by atoms with Crippen molar-refractivity contribution in [1.29, 1.82) is 0 Å². The maximum absolute atomic E-state index is 10.7. The molecule has 88 valence electrons. The van der Waals surface area contributed by atoms with Crippen LogP contribution < -0.4 is 0 Å². The summed E-state index contributed by atoms with van der Waals surface area (Å²) in [5, 5.41) is 1.09. The smallest absolute Gasteiger partial charge is 0.170 e. The Morgan fingerprint density at radius 3 is 2.76 bits per heavy atom. The normalized spacial score (nSPS) is 10.5. The predicted octanol–water partition coefficient (Wildman–Crippen LogP) is 3.31. The van der Waals surface area contributed by atoms with E-state index in [4.69, 9.17) is 23.2 Å². The zero-order valence-electron chi connectivity index (χ0n) is 8.91. The monoisotopic (exact) mass is 268 g/mol. The van der Waals surface area contributed by atoms with Gasteiger partial charge in [0.2, 0.25) is 0 Å². The average Bonchev–Trinajstić information content (AvgIpc) is 2.78. The van der Waals surface area contributed by atoms with Gasteiger partial charge in [0.15, 0.2) is 6.29 Å². The maximum atomic E-state index is 10.7. The number of hydrogen-bond donors (Lipinski definition) is 1. The van der Waals surface area contributed by atoms with Crippen LogP contribution in [0.1, 0.15) is 21.7 Å². The van der Waals surface area contributed by atoms with Crippen molar-refractivity contribution >= 4 is 29.5 Å². The number of hydrogen-bond acceptors (Lipinski definition) is 2. The van der Waals surface area contributed by atoms with Crippen LogP contribution in [0, 0.1) is 0 Å². The number of aromatic nitrogens is 2. The van der Waals surface area contributed by atoms with Crippen LogP contribution in [0.3, 0.4) is 0 Å². The lowest BCUT2D eigenvalue weighted by molar-refractivity contribution is 0.111. The number of aldehydes is 1. The molecular formula is C12H10Cl2N2O. The van der Waals surface area contributed by atoms with Gasteiger partial charge in [0, 0.05) is 5.69 Å². The molecule has 0 radical (unpaired) electrons. The van der Waals surface area contributed by atoms with Gasteiger partial charge < -0.3 is 4.98 Å². The Morgan fingerprint density at radius 2 is 2.06 bits per heavy atom. The van der Waals surface area contributed by atoms with Crippen LogP contribution in [0.15, 0.2) is 24.5 Å². The first-order chi connectivity index (χ1) is 8.20. The molecule has 2 rings (SSSR count). The Morgan fingerprint density at radius 1 is 1.24 bits per heavy atom. The van der Waals surface area contributed by atoms with Gasteiger partial charge in [-0.2, -0.15) is 0 Å². The van der Waals surface area contributed by atoms with Crippen molar-refractivity contribution in [2.75, 3.05) is 0 Å². The standard InChI is InChI=1S/C12H10Cl2N2O/c13-9-3-1-8(5-10(9)14)2-4-11-12(6-17)16-7-15-11/h1,3,5-7H,2,4H2,(H,15,16).